The molecule has 55 valence electrons. The number of hydrogen-bond donors (Lipinski definition) is 3. The molecular formula is C5H11O4. The first-order valence-electron chi connectivity index (χ1n) is 2.66. The predicted molar refractivity (Wildman–Crippen MR) is 30.4 cm³/mol. The summed E-state index contributed by atoms with van der Waals surface area (Å²) >= 11 is 0. The molecule has 0 aromatic heterocycles. The fourth-order valence-corrected chi connectivity index (χ4v) is 0.275. The van der Waals surface area contributed by atoms with E-state index in [1.165, 1.54) is 0 Å². The highest BCUT2D eigenvalue weighted by Gasteiger charge is 2.00. The summed E-state index contributed by atoms with van der Waals surface area (Å²) in [6.45, 7) is 0.785. The summed E-state index contributed by atoms with van der Waals surface area (Å²) in [5.41, 5.74) is 0. The van der Waals surface area contributed by atoms with Crippen molar-refractivity contribution in [2.75, 3.05) is 19.8 Å². The molecule has 0 spiro atoms. The van der Waals surface area contributed by atoms with Crippen molar-refractivity contribution in [3.63, 3.8) is 0 Å². The van der Waals surface area contributed by atoms with Gasteiger partial charge in [-0.3, -0.25) is 0 Å². The van der Waals surface area contributed by atoms with Crippen molar-refractivity contribution in [3.05, 3.63) is 6.61 Å². The molecule has 0 aromatic rings. The van der Waals surface area contributed by atoms with Crippen molar-refractivity contribution in [3.8, 4) is 0 Å². The summed E-state index contributed by atoms with van der Waals surface area (Å²) in [5, 5.41) is 24.9. The molecule has 3 N–H and O–H groups in total. The Balaban J connectivity index is 2.88. The van der Waals surface area contributed by atoms with E-state index in [4.69, 9.17) is 15.3 Å². The van der Waals surface area contributed by atoms with Gasteiger partial charge in [-0.05, 0) is 0 Å². The van der Waals surface area contributed by atoms with Gasteiger partial charge in [0.25, 0.3) is 0 Å². The van der Waals surface area contributed by atoms with Crippen LogP contribution in [0.25, 0.3) is 0 Å². The minimum atomic E-state index is -0.948. The lowest BCUT2D eigenvalue weighted by atomic mass is 10.4. The van der Waals surface area contributed by atoms with Crippen LogP contribution in [0, 0.1) is 6.61 Å². The molecule has 1 radical (unpaired) electrons. The molecule has 0 aromatic carbocycles. The number of hydrogen-bond acceptors (Lipinski definition) is 4. The van der Waals surface area contributed by atoms with Gasteiger partial charge in [0.05, 0.1) is 19.8 Å². The molecule has 0 aliphatic heterocycles. The van der Waals surface area contributed by atoms with Gasteiger partial charge in [0, 0.05) is 0 Å². The van der Waals surface area contributed by atoms with Crippen LogP contribution in [0.3, 0.4) is 0 Å². The van der Waals surface area contributed by atoms with Crippen molar-refractivity contribution in [1.29, 1.82) is 0 Å². The molecule has 0 rings (SSSR count). The molecular weight excluding hydrogens is 124 g/mol. The first-order chi connectivity index (χ1) is 4.31. The van der Waals surface area contributed by atoms with Crippen molar-refractivity contribution in [2.24, 2.45) is 0 Å². The zero-order valence-electron chi connectivity index (χ0n) is 5.03. The molecule has 0 fully saturated rings. The number of aliphatic hydroxyl groups is 3. The number of rotatable bonds is 5. The maximum atomic E-state index is 8.57. The van der Waals surface area contributed by atoms with E-state index in [2.05, 4.69) is 4.74 Å². The van der Waals surface area contributed by atoms with E-state index in [1.54, 1.807) is 0 Å². The van der Waals surface area contributed by atoms with Gasteiger partial charge in [0.2, 0.25) is 0 Å². The molecule has 0 amide bonds. The molecule has 0 saturated heterocycles. The van der Waals surface area contributed by atoms with E-state index < -0.39 is 6.10 Å². The minimum absolute atomic E-state index is 0.0886. The smallest absolute Gasteiger partial charge is 0.114 e. The normalized spacial score (nSPS) is 13.7. The van der Waals surface area contributed by atoms with Crippen LogP contribution in [0.5, 0.6) is 0 Å². The first kappa shape index (κ1) is 8.84. The Morgan fingerprint density at radius 2 is 2.11 bits per heavy atom. The standard InChI is InChI=1S/C5H11O4/c6-1-2-9-4-5(8)3-7/h4-8H,1-3H2. The van der Waals surface area contributed by atoms with E-state index in [9.17, 15) is 0 Å². The second-order valence-electron chi connectivity index (χ2n) is 1.48. The average molecular weight is 135 g/mol. The Morgan fingerprint density at radius 3 is 2.56 bits per heavy atom. The van der Waals surface area contributed by atoms with E-state index in [0.717, 1.165) is 6.61 Å². The highest BCUT2D eigenvalue weighted by molar-refractivity contribution is 4.62. The Labute approximate surface area is 53.7 Å². The summed E-state index contributed by atoms with van der Waals surface area (Å²) in [7, 11) is 0. The van der Waals surface area contributed by atoms with Crippen LogP contribution in [-0.4, -0.2) is 41.2 Å². The van der Waals surface area contributed by atoms with Gasteiger partial charge < -0.3 is 20.1 Å². The van der Waals surface area contributed by atoms with Gasteiger partial charge in [-0.2, -0.15) is 0 Å². The molecule has 1 unspecified atom stereocenters. The van der Waals surface area contributed by atoms with Crippen LogP contribution in [0.2, 0.25) is 0 Å². The summed E-state index contributed by atoms with van der Waals surface area (Å²) in [5.74, 6) is 0. The first-order valence-corrected chi connectivity index (χ1v) is 2.66. The maximum Gasteiger partial charge on any atom is 0.114 e. The maximum absolute atomic E-state index is 8.57. The summed E-state index contributed by atoms with van der Waals surface area (Å²) in [6, 6.07) is 0. The monoisotopic (exact) mass is 135 g/mol. The zero-order valence-corrected chi connectivity index (χ0v) is 5.03. The van der Waals surface area contributed by atoms with Crippen LogP contribution in [0.15, 0.2) is 0 Å². The lowest BCUT2D eigenvalue weighted by Gasteiger charge is -2.04. The SMILES string of the molecule is OCCO[CH]C(O)CO. The quantitative estimate of drug-likeness (QED) is 0.402. The van der Waals surface area contributed by atoms with Crippen LogP contribution in [0.4, 0.5) is 0 Å². The van der Waals surface area contributed by atoms with Crippen LogP contribution in [0.1, 0.15) is 0 Å². The molecule has 1 atom stereocenters. The third-order valence-electron chi connectivity index (χ3n) is 0.650. The molecule has 0 aliphatic rings. The van der Waals surface area contributed by atoms with Crippen LogP contribution >= 0.6 is 0 Å². The lowest BCUT2D eigenvalue weighted by molar-refractivity contribution is 0.0400. The third kappa shape index (κ3) is 5.72. The molecule has 0 bridgehead atoms. The van der Waals surface area contributed by atoms with Gasteiger partial charge in [0.1, 0.15) is 12.7 Å². The Morgan fingerprint density at radius 1 is 1.44 bits per heavy atom. The molecule has 9 heavy (non-hydrogen) atoms. The Bertz CT molecular complexity index is 56.9. The Hall–Kier alpha value is -0.160. The number of aliphatic hydroxyl groups excluding tert-OH is 3. The van der Waals surface area contributed by atoms with Crippen molar-refractivity contribution >= 4 is 0 Å². The number of ether oxygens (including phenoxy) is 1. The molecule has 0 aliphatic carbocycles. The largest absolute Gasteiger partial charge is 0.394 e. The van der Waals surface area contributed by atoms with E-state index in [1.807, 2.05) is 0 Å². The van der Waals surface area contributed by atoms with Crippen molar-refractivity contribution < 1.29 is 20.1 Å². The van der Waals surface area contributed by atoms with Gasteiger partial charge in [-0.1, -0.05) is 0 Å². The third-order valence-corrected chi connectivity index (χ3v) is 0.650. The van der Waals surface area contributed by atoms with Gasteiger partial charge in [-0.15, -0.1) is 0 Å². The summed E-state index contributed by atoms with van der Waals surface area (Å²) in [4.78, 5) is 0. The average Bonchev–Trinajstić information content (AvgIpc) is 1.89. The highest BCUT2D eigenvalue weighted by Crippen LogP contribution is 1.88. The molecule has 4 nitrogen and oxygen atoms in total. The second kappa shape index (κ2) is 5.97. The zero-order chi connectivity index (χ0) is 7.11. The van der Waals surface area contributed by atoms with Crippen LogP contribution in [-0.2, 0) is 4.74 Å². The summed E-state index contributed by atoms with van der Waals surface area (Å²) < 4.78 is 4.55. The molecule has 0 heterocycles. The van der Waals surface area contributed by atoms with Gasteiger partial charge in [-0.25, -0.2) is 0 Å². The fraction of sp³-hybridized carbons (Fsp3) is 0.800. The predicted octanol–water partition coefficient (Wildman–Crippen LogP) is -1.49. The fourth-order valence-electron chi connectivity index (χ4n) is 0.275. The Kier molecular flexibility index (Phi) is 5.86. The second-order valence-corrected chi connectivity index (χ2v) is 1.48. The van der Waals surface area contributed by atoms with Crippen molar-refractivity contribution in [1.82, 2.24) is 0 Å². The van der Waals surface area contributed by atoms with E-state index in [0.29, 0.717) is 0 Å². The molecule has 0 saturated carbocycles. The molecule has 4 heteroatoms. The van der Waals surface area contributed by atoms with Gasteiger partial charge in [0.15, 0.2) is 0 Å². The van der Waals surface area contributed by atoms with Crippen LogP contribution < -0.4 is 0 Å². The summed E-state index contributed by atoms with van der Waals surface area (Å²) in [6.07, 6.45) is -0.948. The van der Waals surface area contributed by atoms with Crippen molar-refractivity contribution in [2.45, 2.75) is 6.10 Å². The topological polar surface area (TPSA) is 69.9 Å². The van der Waals surface area contributed by atoms with Gasteiger partial charge >= 0.3 is 0 Å². The van der Waals surface area contributed by atoms with E-state index >= 15 is 0 Å². The van der Waals surface area contributed by atoms with E-state index in [-0.39, 0.29) is 19.8 Å². The highest BCUT2D eigenvalue weighted by atomic mass is 16.5. The lowest BCUT2D eigenvalue weighted by Crippen LogP contribution is -2.15. The minimum Gasteiger partial charge on any atom is -0.394 e.